The van der Waals surface area contributed by atoms with Gasteiger partial charge in [-0.05, 0) is 6.07 Å². The maximum Gasteiger partial charge on any atom is 0.132 e. The van der Waals surface area contributed by atoms with Gasteiger partial charge in [-0.1, -0.05) is 6.07 Å². The second kappa shape index (κ2) is 4.54. The number of halogens is 1. The molecule has 4 nitrogen and oxygen atoms in total. The maximum absolute atomic E-state index is 13.7. The van der Waals surface area contributed by atoms with Crippen molar-refractivity contribution in [3.63, 3.8) is 0 Å². The predicted molar refractivity (Wildman–Crippen MR) is 58.9 cm³/mol. The number of hydrogen-bond donors (Lipinski definition) is 1. The fraction of sp³-hybridized carbons (Fsp3) is 0.200. The molecule has 6 heteroatoms. The van der Waals surface area contributed by atoms with Crippen molar-refractivity contribution in [2.24, 2.45) is 5.73 Å². The normalized spacial score (nSPS) is 12.4. The third-order valence-corrected chi connectivity index (χ3v) is 2.73. The quantitative estimate of drug-likeness (QED) is 0.886. The van der Waals surface area contributed by atoms with E-state index in [0.29, 0.717) is 17.0 Å². The van der Waals surface area contributed by atoms with Gasteiger partial charge in [0.05, 0.1) is 36.8 Å². The SMILES string of the molecule is COc1ccc(C(N)c2cnsn2)c(F)c1. The van der Waals surface area contributed by atoms with Crippen LogP contribution in [0.5, 0.6) is 5.75 Å². The van der Waals surface area contributed by atoms with Gasteiger partial charge in [0, 0.05) is 11.6 Å². The average molecular weight is 239 g/mol. The van der Waals surface area contributed by atoms with Crippen LogP contribution in [0.3, 0.4) is 0 Å². The van der Waals surface area contributed by atoms with Crippen LogP contribution in [0.25, 0.3) is 0 Å². The molecule has 0 saturated heterocycles. The predicted octanol–water partition coefficient (Wildman–Crippen LogP) is 1.73. The number of nitrogens with zero attached hydrogens (tertiary/aromatic N) is 2. The van der Waals surface area contributed by atoms with Gasteiger partial charge in [0.1, 0.15) is 11.6 Å². The third-order valence-electron chi connectivity index (χ3n) is 2.24. The minimum Gasteiger partial charge on any atom is -0.497 e. The summed E-state index contributed by atoms with van der Waals surface area (Å²) in [5.41, 5.74) is 6.82. The zero-order valence-corrected chi connectivity index (χ0v) is 9.37. The number of benzene rings is 1. The second-order valence-electron chi connectivity index (χ2n) is 3.20. The lowest BCUT2D eigenvalue weighted by Gasteiger charge is -2.10. The van der Waals surface area contributed by atoms with Crippen LogP contribution in [0, 0.1) is 5.82 Å². The van der Waals surface area contributed by atoms with Crippen LogP contribution in [-0.4, -0.2) is 15.9 Å². The summed E-state index contributed by atoms with van der Waals surface area (Å²) in [6.07, 6.45) is 1.54. The molecule has 1 atom stereocenters. The molecule has 0 aliphatic rings. The minimum absolute atomic E-state index is 0.383. The lowest BCUT2D eigenvalue weighted by molar-refractivity contribution is 0.410. The Kier molecular flexibility index (Phi) is 3.12. The molecule has 0 amide bonds. The Balaban J connectivity index is 2.34. The number of ether oxygens (including phenoxy) is 1. The summed E-state index contributed by atoms with van der Waals surface area (Å²) in [6.45, 7) is 0. The van der Waals surface area contributed by atoms with Crippen molar-refractivity contribution >= 4 is 11.7 Å². The van der Waals surface area contributed by atoms with Crippen molar-refractivity contribution in [2.75, 3.05) is 7.11 Å². The molecular weight excluding hydrogens is 229 g/mol. The second-order valence-corrected chi connectivity index (χ2v) is 3.75. The molecule has 1 unspecified atom stereocenters. The molecule has 1 aromatic carbocycles. The van der Waals surface area contributed by atoms with Crippen molar-refractivity contribution in [1.29, 1.82) is 0 Å². The fourth-order valence-corrected chi connectivity index (χ4v) is 1.81. The summed E-state index contributed by atoms with van der Waals surface area (Å²) in [5.74, 6) is 0.0599. The largest absolute Gasteiger partial charge is 0.497 e. The Morgan fingerprint density at radius 3 is 2.88 bits per heavy atom. The summed E-state index contributed by atoms with van der Waals surface area (Å²) in [7, 11) is 1.48. The van der Waals surface area contributed by atoms with Crippen LogP contribution in [0.2, 0.25) is 0 Å². The van der Waals surface area contributed by atoms with Crippen LogP contribution < -0.4 is 10.5 Å². The lowest BCUT2D eigenvalue weighted by Crippen LogP contribution is -2.13. The number of methoxy groups -OCH3 is 1. The monoisotopic (exact) mass is 239 g/mol. The zero-order valence-electron chi connectivity index (χ0n) is 8.55. The summed E-state index contributed by atoms with van der Waals surface area (Å²) in [6, 6.07) is 3.97. The third kappa shape index (κ3) is 2.02. The van der Waals surface area contributed by atoms with Crippen LogP contribution in [0.1, 0.15) is 17.3 Å². The first-order valence-electron chi connectivity index (χ1n) is 4.59. The van der Waals surface area contributed by atoms with Crippen molar-refractivity contribution < 1.29 is 9.13 Å². The van der Waals surface area contributed by atoms with Gasteiger partial charge in [-0.3, -0.25) is 0 Å². The molecule has 16 heavy (non-hydrogen) atoms. The molecule has 2 aromatic rings. The first-order chi connectivity index (χ1) is 7.72. The van der Waals surface area contributed by atoms with Crippen molar-refractivity contribution in [3.8, 4) is 5.75 Å². The van der Waals surface area contributed by atoms with Gasteiger partial charge in [-0.25, -0.2) is 4.39 Å². The molecule has 0 bridgehead atoms. The highest BCUT2D eigenvalue weighted by Gasteiger charge is 2.16. The highest BCUT2D eigenvalue weighted by Crippen LogP contribution is 2.24. The summed E-state index contributed by atoms with van der Waals surface area (Å²) in [5, 5.41) is 0. The number of hydrogen-bond acceptors (Lipinski definition) is 5. The Labute approximate surface area is 96.2 Å². The molecule has 0 aliphatic heterocycles. The van der Waals surface area contributed by atoms with E-state index in [-0.39, 0.29) is 0 Å². The van der Waals surface area contributed by atoms with E-state index in [1.165, 1.54) is 13.2 Å². The molecule has 0 radical (unpaired) electrons. The van der Waals surface area contributed by atoms with E-state index in [4.69, 9.17) is 10.5 Å². The molecule has 0 fully saturated rings. The minimum atomic E-state index is -0.593. The summed E-state index contributed by atoms with van der Waals surface area (Å²) in [4.78, 5) is 0. The van der Waals surface area contributed by atoms with Crippen molar-refractivity contribution in [3.05, 3.63) is 41.5 Å². The van der Waals surface area contributed by atoms with E-state index < -0.39 is 11.9 Å². The van der Waals surface area contributed by atoms with E-state index in [0.717, 1.165) is 11.7 Å². The highest BCUT2D eigenvalue weighted by atomic mass is 32.1. The lowest BCUT2D eigenvalue weighted by atomic mass is 10.0. The molecule has 1 heterocycles. The van der Waals surface area contributed by atoms with Crippen LogP contribution in [0.15, 0.2) is 24.4 Å². The average Bonchev–Trinajstić information content (AvgIpc) is 2.81. The van der Waals surface area contributed by atoms with Gasteiger partial charge in [-0.2, -0.15) is 8.75 Å². The molecule has 0 spiro atoms. The number of nitrogens with two attached hydrogens (primary N) is 1. The van der Waals surface area contributed by atoms with Gasteiger partial charge in [-0.15, -0.1) is 0 Å². The molecule has 0 saturated carbocycles. The van der Waals surface area contributed by atoms with E-state index in [2.05, 4.69) is 8.75 Å². The van der Waals surface area contributed by atoms with Crippen molar-refractivity contribution in [2.45, 2.75) is 6.04 Å². The van der Waals surface area contributed by atoms with Crippen LogP contribution in [-0.2, 0) is 0 Å². The van der Waals surface area contributed by atoms with Crippen molar-refractivity contribution in [1.82, 2.24) is 8.75 Å². The molecule has 1 aromatic heterocycles. The standard InChI is InChI=1S/C10H10FN3OS/c1-15-6-2-3-7(8(11)4-6)10(12)9-5-13-16-14-9/h2-5,10H,12H2,1H3. The molecule has 2 N–H and O–H groups in total. The van der Waals surface area contributed by atoms with E-state index in [1.54, 1.807) is 18.3 Å². The smallest absolute Gasteiger partial charge is 0.132 e. The fourth-order valence-electron chi connectivity index (χ4n) is 1.36. The molecular formula is C10H10FN3OS. The van der Waals surface area contributed by atoms with Crippen LogP contribution >= 0.6 is 11.7 Å². The Bertz CT molecular complexity index is 475. The zero-order chi connectivity index (χ0) is 11.5. The van der Waals surface area contributed by atoms with Crippen LogP contribution in [0.4, 0.5) is 4.39 Å². The van der Waals surface area contributed by atoms with Gasteiger partial charge in [0.15, 0.2) is 0 Å². The maximum atomic E-state index is 13.7. The van der Waals surface area contributed by atoms with Gasteiger partial charge in [0.2, 0.25) is 0 Å². The van der Waals surface area contributed by atoms with E-state index >= 15 is 0 Å². The topological polar surface area (TPSA) is 61.0 Å². The Hall–Kier alpha value is -1.53. The number of rotatable bonds is 3. The first kappa shape index (κ1) is 11.0. The Morgan fingerprint density at radius 1 is 1.50 bits per heavy atom. The van der Waals surface area contributed by atoms with Gasteiger partial charge >= 0.3 is 0 Å². The Morgan fingerprint density at radius 2 is 2.31 bits per heavy atom. The molecule has 0 aliphatic carbocycles. The van der Waals surface area contributed by atoms with E-state index in [9.17, 15) is 4.39 Å². The van der Waals surface area contributed by atoms with E-state index in [1.807, 2.05) is 0 Å². The molecule has 2 rings (SSSR count). The number of aromatic nitrogens is 2. The van der Waals surface area contributed by atoms with Gasteiger partial charge < -0.3 is 10.5 Å². The molecule has 84 valence electrons. The first-order valence-corrected chi connectivity index (χ1v) is 5.32. The highest BCUT2D eigenvalue weighted by molar-refractivity contribution is 6.99. The van der Waals surface area contributed by atoms with Gasteiger partial charge in [0.25, 0.3) is 0 Å². The summed E-state index contributed by atoms with van der Waals surface area (Å²) >= 11 is 1.05. The summed E-state index contributed by atoms with van der Waals surface area (Å²) < 4.78 is 26.4.